The molecular formula is C19H23F3N6O. The Hall–Kier alpha value is -2.78. The Bertz CT molecular complexity index is 930. The number of hydrogen-bond donors (Lipinski definition) is 0. The lowest BCUT2D eigenvalue weighted by molar-refractivity contribution is -0.141. The van der Waals surface area contributed by atoms with Crippen molar-refractivity contribution < 1.29 is 18.0 Å². The number of amides is 1. The highest BCUT2D eigenvalue weighted by atomic mass is 19.4. The van der Waals surface area contributed by atoms with Gasteiger partial charge in [0.2, 0.25) is 0 Å². The summed E-state index contributed by atoms with van der Waals surface area (Å²) in [6.07, 6.45) is 5.91. The maximum Gasteiger partial charge on any atom is 0.408 e. The van der Waals surface area contributed by atoms with Crippen molar-refractivity contribution in [1.82, 2.24) is 24.6 Å². The van der Waals surface area contributed by atoms with Crippen molar-refractivity contribution in [2.24, 2.45) is 0 Å². The number of rotatable bonds is 3. The summed E-state index contributed by atoms with van der Waals surface area (Å²) >= 11 is 0. The molecule has 2 aliphatic heterocycles. The number of fused-ring (bicyclic) bond motifs is 1. The van der Waals surface area contributed by atoms with Gasteiger partial charge in [0.1, 0.15) is 12.2 Å². The number of carbonyl (C=O) groups is 1. The van der Waals surface area contributed by atoms with Crippen LogP contribution in [0, 0.1) is 0 Å². The number of nitrogens with zero attached hydrogens (tertiary/aromatic N) is 6. The largest absolute Gasteiger partial charge is 0.408 e. The third-order valence-electron chi connectivity index (χ3n) is 5.24. The quantitative estimate of drug-likeness (QED) is 0.781. The Labute approximate surface area is 166 Å². The number of pyridine rings is 1. The van der Waals surface area contributed by atoms with E-state index < -0.39 is 12.7 Å². The van der Waals surface area contributed by atoms with Crippen LogP contribution in [0.25, 0.3) is 10.9 Å². The first kappa shape index (κ1) is 19.5. The molecule has 0 atom stereocenters. The number of aromatic nitrogens is 3. The molecule has 2 aliphatic rings. The summed E-state index contributed by atoms with van der Waals surface area (Å²) in [5.41, 5.74) is 0.817. The summed E-state index contributed by atoms with van der Waals surface area (Å²) in [5, 5.41) is 4.40. The van der Waals surface area contributed by atoms with E-state index >= 15 is 0 Å². The molecule has 0 aromatic carbocycles. The van der Waals surface area contributed by atoms with Crippen molar-refractivity contribution in [3.8, 4) is 0 Å². The van der Waals surface area contributed by atoms with Gasteiger partial charge in [-0.2, -0.15) is 18.3 Å². The fourth-order valence-electron chi connectivity index (χ4n) is 3.88. The fraction of sp³-hybridized carbons (Fsp3) is 0.526. The van der Waals surface area contributed by atoms with E-state index in [1.165, 1.54) is 12.4 Å². The molecular weight excluding hydrogens is 385 g/mol. The molecule has 156 valence electrons. The molecule has 0 N–H and O–H groups in total. The first-order valence-electron chi connectivity index (χ1n) is 9.69. The van der Waals surface area contributed by atoms with Gasteiger partial charge in [0, 0.05) is 44.1 Å². The van der Waals surface area contributed by atoms with Crippen LogP contribution in [0.15, 0.2) is 24.8 Å². The van der Waals surface area contributed by atoms with Gasteiger partial charge >= 0.3 is 6.18 Å². The van der Waals surface area contributed by atoms with Crippen LogP contribution in [0.4, 0.5) is 18.9 Å². The normalized spacial score (nSPS) is 18.0. The highest BCUT2D eigenvalue weighted by molar-refractivity contribution is 6.06. The highest BCUT2D eigenvalue weighted by Gasteiger charge is 2.33. The summed E-state index contributed by atoms with van der Waals surface area (Å²) in [5.74, 6) is -0.244. The number of carbonyl (C=O) groups excluding carboxylic acids is 1. The minimum absolute atomic E-state index is 0.170. The van der Waals surface area contributed by atoms with Crippen molar-refractivity contribution in [1.29, 1.82) is 0 Å². The first-order valence-corrected chi connectivity index (χ1v) is 9.69. The molecule has 29 heavy (non-hydrogen) atoms. The highest BCUT2D eigenvalue weighted by Crippen LogP contribution is 2.34. The van der Waals surface area contributed by atoms with E-state index in [1.807, 2.05) is 18.1 Å². The predicted octanol–water partition coefficient (Wildman–Crippen LogP) is 3.19. The van der Waals surface area contributed by atoms with Crippen LogP contribution < -0.4 is 4.90 Å². The van der Waals surface area contributed by atoms with E-state index in [2.05, 4.69) is 10.1 Å². The van der Waals surface area contributed by atoms with Crippen LogP contribution >= 0.6 is 0 Å². The minimum atomic E-state index is -4.42. The molecule has 0 radical (unpaired) electrons. The van der Waals surface area contributed by atoms with Gasteiger partial charge in [-0.1, -0.05) is 12.8 Å². The molecule has 1 saturated heterocycles. The van der Waals surface area contributed by atoms with Crippen LogP contribution in [0.1, 0.15) is 36.2 Å². The topological polar surface area (TPSA) is 57.5 Å². The van der Waals surface area contributed by atoms with Crippen molar-refractivity contribution in [3.05, 3.63) is 30.5 Å². The fourth-order valence-corrected chi connectivity index (χ4v) is 3.88. The summed E-state index contributed by atoms with van der Waals surface area (Å²) in [7, 11) is 1.85. The zero-order valence-electron chi connectivity index (χ0n) is 16.2. The molecule has 10 heteroatoms. The minimum Gasteiger partial charge on any atom is -0.361 e. The lowest BCUT2D eigenvalue weighted by Gasteiger charge is -2.25. The van der Waals surface area contributed by atoms with Crippen LogP contribution in [-0.4, -0.2) is 63.5 Å². The van der Waals surface area contributed by atoms with Gasteiger partial charge in [0.05, 0.1) is 18.4 Å². The smallest absolute Gasteiger partial charge is 0.361 e. The van der Waals surface area contributed by atoms with Gasteiger partial charge in [0.25, 0.3) is 5.91 Å². The number of likely N-dealkylation sites (tertiary alicyclic amines) is 1. The molecule has 7 nitrogen and oxygen atoms in total. The van der Waals surface area contributed by atoms with Crippen molar-refractivity contribution in [3.63, 3.8) is 0 Å². The van der Waals surface area contributed by atoms with Crippen LogP contribution in [0.2, 0.25) is 0 Å². The predicted molar refractivity (Wildman–Crippen MR) is 102 cm³/mol. The summed E-state index contributed by atoms with van der Waals surface area (Å²) in [6, 6.07) is 0. The molecule has 1 amide bonds. The van der Waals surface area contributed by atoms with Crippen LogP contribution in [0.3, 0.4) is 0 Å². The van der Waals surface area contributed by atoms with Crippen molar-refractivity contribution in [2.45, 2.75) is 38.4 Å². The van der Waals surface area contributed by atoms with Gasteiger partial charge in [-0.05, 0) is 12.8 Å². The zero-order valence-corrected chi connectivity index (χ0v) is 16.2. The van der Waals surface area contributed by atoms with Crippen LogP contribution in [0.5, 0.6) is 0 Å². The SMILES string of the molecule is CN1C=CN(c2c(C(=O)N3CCCCCC3)ncc3cnn(CC(F)(F)F)c23)C1. The molecule has 0 aliphatic carbocycles. The van der Waals surface area contributed by atoms with Crippen molar-refractivity contribution in [2.75, 3.05) is 31.7 Å². The van der Waals surface area contributed by atoms with Gasteiger partial charge in [-0.3, -0.25) is 9.48 Å². The van der Waals surface area contributed by atoms with Gasteiger partial charge in [0.15, 0.2) is 5.69 Å². The zero-order chi connectivity index (χ0) is 20.6. The Kier molecular flexibility index (Phi) is 5.10. The molecule has 0 saturated carbocycles. The second kappa shape index (κ2) is 7.57. The summed E-state index contributed by atoms with van der Waals surface area (Å²) in [6.45, 7) is 0.460. The van der Waals surface area contributed by atoms with E-state index in [9.17, 15) is 18.0 Å². The van der Waals surface area contributed by atoms with E-state index in [0.717, 1.165) is 30.4 Å². The first-order chi connectivity index (χ1) is 13.8. The average Bonchev–Trinajstić information content (AvgIpc) is 3.15. The Morgan fingerprint density at radius 1 is 1.10 bits per heavy atom. The third kappa shape index (κ3) is 4.01. The lowest BCUT2D eigenvalue weighted by atomic mass is 10.2. The number of halogens is 3. The number of alkyl halides is 3. The molecule has 2 aromatic heterocycles. The maximum absolute atomic E-state index is 13.3. The van der Waals surface area contributed by atoms with Gasteiger partial charge in [-0.25, -0.2) is 4.98 Å². The van der Waals surface area contributed by atoms with E-state index in [1.54, 1.807) is 16.0 Å². The molecule has 0 bridgehead atoms. The second-order valence-electron chi connectivity index (χ2n) is 7.55. The standard InChI is InChI=1S/C19H23F3N6O/c1-25-8-9-27(13-25)17-15(18(29)26-6-4-2-3-5-7-26)23-10-14-11-24-28(16(14)17)12-19(20,21)22/h8-11H,2-7,12-13H2,1H3. The molecule has 0 unspecified atom stereocenters. The monoisotopic (exact) mass is 408 g/mol. The second-order valence-corrected chi connectivity index (χ2v) is 7.55. The average molecular weight is 408 g/mol. The Morgan fingerprint density at radius 3 is 2.45 bits per heavy atom. The third-order valence-corrected chi connectivity index (χ3v) is 5.24. The summed E-state index contributed by atoms with van der Waals surface area (Å²) < 4.78 is 40.3. The lowest BCUT2D eigenvalue weighted by Crippen LogP contribution is -2.34. The molecule has 4 rings (SSSR count). The molecule has 0 spiro atoms. The number of hydrogen-bond acceptors (Lipinski definition) is 5. The van der Waals surface area contributed by atoms with E-state index in [-0.39, 0.29) is 17.1 Å². The summed E-state index contributed by atoms with van der Waals surface area (Å²) in [4.78, 5) is 23.1. The molecule has 1 fully saturated rings. The Balaban J connectivity index is 1.83. The van der Waals surface area contributed by atoms with E-state index in [4.69, 9.17) is 0 Å². The number of anilines is 1. The maximum atomic E-state index is 13.3. The van der Waals surface area contributed by atoms with Crippen LogP contribution in [-0.2, 0) is 6.54 Å². The van der Waals surface area contributed by atoms with Gasteiger partial charge < -0.3 is 14.7 Å². The molecule has 4 heterocycles. The van der Waals surface area contributed by atoms with E-state index in [0.29, 0.717) is 30.8 Å². The van der Waals surface area contributed by atoms with Crippen molar-refractivity contribution >= 4 is 22.5 Å². The van der Waals surface area contributed by atoms with Gasteiger partial charge in [-0.15, -0.1) is 0 Å². The Morgan fingerprint density at radius 2 is 1.83 bits per heavy atom. The molecule has 2 aromatic rings.